The summed E-state index contributed by atoms with van der Waals surface area (Å²) in [5, 5.41) is 4.63. The van der Waals surface area contributed by atoms with Crippen LogP contribution in [0.3, 0.4) is 0 Å². The molecule has 51 heavy (non-hydrogen) atoms. The van der Waals surface area contributed by atoms with E-state index in [4.69, 9.17) is 19.9 Å². The van der Waals surface area contributed by atoms with Gasteiger partial charge in [-0.15, -0.1) is 0 Å². The predicted octanol–water partition coefficient (Wildman–Crippen LogP) is 11.9. The van der Waals surface area contributed by atoms with Gasteiger partial charge in [0.15, 0.2) is 17.5 Å². The van der Waals surface area contributed by atoms with E-state index in [0.29, 0.717) is 17.5 Å². The van der Waals surface area contributed by atoms with Crippen molar-refractivity contribution < 1.29 is 0 Å². The summed E-state index contributed by atoms with van der Waals surface area (Å²) >= 11 is 0. The Morgan fingerprint density at radius 3 is 1.29 bits per heavy atom. The molecular formula is C47H32N4. The standard InChI is InChI=1S/C47H32N4/c1-31-10-9-17-44(48-31)36-22-18-35(19-23-36)42-28-41(32-11-3-2-4-12-32)29-43(30-42)47-50-45(39-24-20-33-13-5-7-15-37(33)26-39)49-46(51-47)40-25-21-34-14-6-8-16-38(34)27-40/h2-30H,1H3. The molecule has 0 bridgehead atoms. The van der Waals surface area contributed by atoms with Gasteiger partial charge in [0.25, 0.3) is 0 Å². The topological polar surface area (TPSA) is 51.6 Å². The SMILES string of the molecule is Cc1cccc(-c2ccc(-c3cc(-c4ccccc4)cc(-c4nc(-c5ccc6ccccc6c5)nc(-c5ccc6ccccc6c5)n4)c3)cc2)n1. The summed E-state index contributed by atoms with van der Waals surface area (Å²) in [6, 6.07) is 61.4. The van der Waals surface area contributed by atoms with Crippen molar-refractivity contribution in [2.45, 2.75) is 6.92 Å². The second-order valence-electron chi connectivity index (χ2n) is 12.8. The maximum absolute atomic E-state index is 5.17. The molecule has 0 aliphatic heterocycles. The Labute approximate surface area is 296 Å². The molecule has 4 heteroatoms. The van der Waals surface area contributed by atoms with Gasteiger partial charge >= 0.3 is 0 Å². The van der Waals surface area contributed by atoms with E-state index in [1.54, 1.807) is 0 Å². The normalized spacial score (nSPS) is 11.2. The number of rotatable bonds is 6. The number of benzene rings is 7. The van der Waals surface area contributed by atoms with E-state index in [0.717, 1.165) is 66.7 Å². The number of fused-ring (bicyclic) bond motifs is 2. The Hall–Kier alpha value is -6.78. The van der Waals surface area contributed by atoms with Crippen LogP contribution in [0.1, 0.15) is 5.69 Å². The van der Waals surface area contributed by atoms with Crippen LogP contribution in [0.25, 0.3) is 89.2 Å². The van der Waals surface area contributed by atoms with E-state index in [1.807, 2.05) is 25.1 Å². The summed E-state index contributed by atoms with van der Waals surface area (Å²) in [7, 11) is 0. The molecule has 240 valence electrons. The van der Waals surface area contributed by atoms with Crippen LogP contribution in [0.2, 0.25) is 0 Å². The van der Waals surface area contributed by atoms with Gasteiger partial charge in [0.05, 0.1) is 5.69 Å². The minimum atomic E-state index is 0.621. The van der Waals surface area contributed by atoms with Crippen molar-refractivity contribution in [3.63, 3.8) is 0 Å². The van der Waals surface area contributed by atoms with Crippen molar-refractivity contribution in [1.29, 1.82) is 0 Å². The molecule has 0 radical (unpaired) electrons. The molecule has 0 unspecified atom stereocenters. The highest BCUT2D eigenvalue weighted by atomic mass is 15.0. The number of hydrogen-bond acceptors (Lipinski definition) is 4. The van der Waals surface area contributed by atoms with Gasteiger partial charge in [-0.3, -0.25) is 4.98 Å². The minimum Gasteiger partial charge on any atom is -0.253 e. The molecule has 0 saturated carbocycles. The second kappa shape index (κ2) is 12.9. The molecule has 0 N–H and O–H groups in total. The fourth-order valence-electron chi connectivity index (χ4n) is 6.68. The average Bonchev–Trinajstić information content (AvgIpc) is 3.20. The lowest BCUT2D eigenvalue weighted by Crippen LogP contribution is -2.01. The number of hydrogen-bond donors (Lipinski definition) is 0. The van der Waals surface area contributed by atoms with Crippen LogP contribution in [0.5, 0.6) is 0 Å². The number of pyridine rings is 1. The van der Waals surface area contributed by atoms with E-state index >= 15 is 0 Å². The summed E-state index contributed by atoms with van der Waals surface area (Å²) in [6.45, 7) is 2.02. The lowest BCUT2D eigenvalue weighted by Gasteiger charge is -2.13. The molecule has 0 aliphatic carbocycles. The maximum atomic E-state index is 5.17. The Bertz CT molecular complexity index is 2600. The molecule has 0 aliphatic rings. The largest absolute Gasteiger partial charge is 0.253 e. The highest BCUT2D eigenvalue weighted by Crippen LogP contribution is 2.35. The van der Waals surface area contributed by atoms with Crippen LogP contribution in [0, 0.1) is 6.92 Å². The molecule has 0 atom stereocenters. The van der Waals surface area contributed by atoms with E-state index < -0.39 is 0 Å². The van der Waals surface area contributed by atoms with Crippen LogP contribution in [-0.4, -0.2) is 19.9 Å². The predicted molar refractivity (Wildman–Crippen MR) is 210 cm³/mol. The smallest absolute Gasteiger partial charge is 0.164 e. The highest BCUT2D eigenvalue weighted by molar-refractivity contribution is 5.89. The molecule has 0 fully saturated rings. The van der Waals surface area contributed by atoms with Gasteiger partial charge in [-0.1, -0.05) is 133 Å². The molecule has 7 aromatic carbocycles. The zero-order chi connectivity index (χ0) is 34.1. The molecule has 2 heterocycles. The number of aromatic nitrogens is 4. The van der Waals surface area contributed by atoms with E-state index in [2.05, 4.69) is 158 Å². The van der Waals surface area contributed by atoms with Crippen LogP contribution in [0.4, 0.5) is 0 Å². The first-order valence-corrected chi connectivity index (χ1v) is 17.1. The molecule has 0 amide bonds. The third kappa shape index (κ3) is 6.16. The minimum absolute atomic E-state index is 0.621. The summed E-state index contributed by atoms with van der Waals surface area (Å²) in [6.07, 6.45) is 0. The zero-order valence-electron chi connectivity index (χ0n) is 28.0. The van der Waals surface area contributed by atoms with Crippen molar-refractivity contribution in [3.05, 3.63) is 182 Å². The van der Waals surface area contributed by atoms with E-state index in [9.17, 15) is 0 Å². The van der Waals surface area contributed by atoms with Gasteiger partial charge in [-0.25, -0.2) is 15.0 Å². The van der Waals surface area contributed by atoms with Gasteiger partial charge in [0.1, 0.15) is 0 Å². The van der Waals surface area contributed by atoms with Gasteiger partial charge in [0, 0.05) is 27.9 Å². The van der Waals surface area contributed by atoms with Crippen LogP contribution >= 0.6 is 0 Å². The van der Waals surface area contributed by atoms with Gasteiger partial charge in [-0.2, -0.15) is 0 Å². The zero-order valence-corrected chi connectivity index (χ0v) is 28.0. The van der Waals surface area contributed by atoms with Crippen molar-refractivity contribution in [2.75, 3.05) is 0 Å². The van der Waals surface area contributed by atoms with Gasteiger partial charge in [-0.05, 0) is 93.2 Å². The molecule has 9 aromatic rings. The van der Waals surface area contributed by atoms with Crippen LogP contribution < -0.4 is 0 Å². The summed E-state index contributed by atoms with van der Waals surface area (Å²) in [5.41, 5.74) is 10.2. The molecule has 4 nitrogen and oxygen atoms in total. The number of aryl methyl sites for hydroxylation is 1. The van der Waals surface area contributed by atoms with Crippen LogP contribution in [0.15, 0.2) is 176 Å². The Morgan fingerprint density at radius 2 is 0.725 bits per heavy atom. The summed E-state index contributed by atoms with van der Waals surface area (Å²) in [5.74, 6) is 1.89. The lowest BCUT2D eigenvalue weighted by molar-refractivity contribution is 1.08. The van der Waals surface area contributed by atoms with Crippen molar-refractivity contribution in [2.24, 2.45) is 0 Å². The first-order valence-electron chi connectivity index (χ1n) is 17.1. The Kier molecular flexibility index (Phi) is 7.67. The van der Waals surface area contributed by atoms with Gasteiger partial charge < -0.3 is 0 Å². The monoisotopic (exact) mass is 652 g/mol. The van der Waals surface area contributed by atoms with Crippen molar-refractivity contribution in [3.8, 4) is 67.7 Å². The first-order chi connectivity index (χ1) is 25.1. The molecule has 0 saturated heterocycles. The summed E-state index contributed by atoms with van der Waals surface area (Å²) < 4.78 is 0. The molecule has 2 aromatic heterocycles. The van der Waals surface area contributed by atoms with Crippen molar-refractivity contribution >= 4 is 21.5 Å². The lowest BCUT2D eigenvalue weighted by atomic mass is 9.95. The van der Waals surface area contributed by atoms with Gasteiger partial charge in [0.2, 0.25) is 0 Å². The van der Waals surface area contributed by atoms with Crippen molar-refractivity contribution in [1.82, 2.24) is 19.9 Å². The third-order valence-corrected chi connectivity index (χ3v) is 9.35. The second-order valence-corrected chi connectivity index (χ2v) is 12.8. The summed E-state index contributed by atoms with van der Waals surface area (Å²) in [4.78, 5) is 20.2. The number of nitrogens with zero attached hydrogens (tertiary/aromatic N) is 4. The quantitative estimate of drug-likeness (QED) is 0.179. The average molecular weight is 653 g/mol. The molecular weight excluding hydrogens is 621 g/mol. The third-order valence-electron chi connectivity index (χ3n) is 9.35. The van der Waals surface area contributed by atoms with Crippen LogP contribution in [-0.2, 0) is 0 Å². The van der Waals surface area contributed by atoms with E-state index in [-0.39, 0.29) is 0 Å². The first kappa shape index (κ1) is 30.3. The molecule has 0 spiro atoms. The Balaban J connectivity index is 1.22. The Morgan fingerprint density at radius 1 is 0.275 bits per heavy atom. The maximum Gasteiger partial charge on any atom is 0.164 e. The highest BCUT2D eigenvalue weighted by Gasteiger charge is 2.16. The fraction of sp³-hybridized carbons (Fsp3) is 0.0213. The van der Waals surface area contributed by atoms with E-state index in [1.165, 1.54) is 10.8 Å². The fourth-order valence-corrected chi connectivity index (χ4v) is 6.68. The molecule has 9 rings (SSSR count).